The van der Waals surface area contributed by atoms with Crippen LogP contribution in [0.5, 0.6) is 0 Å². The van der Waals surface area contributed by atoms with Gasteiger partial charge in [-0.3, -0.25) is 0 Å². The Morgan fingerprint density at radius 3 is 2.71 bits per heavy atom. The van der Waals surface area contributed by atoms with Crippen LogP contribution in [0.3, 0.4) is 0 Å². The molecular formula is C12H14BrN. The van der Waals surface area contributed by atoms with Gasteiger partial charge >= 0.3 is 0 Å². The zero-order chi connectivity index (χ0) is 10.6. The summed E-state index contributed by atoms with van der Waals surface area (Å²) < 4.78 is 1.08. The molecule has 74 valence electrons. The quantitative estimate of drug-likeness (QED) is 0.804. The summed E-state index contributed by atoms with van der Waals surface area (Å²) in [5.74, 6) is 5.85. The fraction of sp³-hybridized carbons (Fsp3) is 0.333. The van der Waals surface area contributed by atoms with Crippen molar-refractivity contribution in [3.05, 3.63) is 33.8 Å². The van der Waals surface area contributed by atoms with Crippen molar-refractivity contribution in [1.29, 1.82) is 0 Å². The fourth-order valence-corrected chi connectivity index (χ4v) is 1.93. The summed E-state index contributed by atoms with van der Waals surface area (Å²) >= 11 is 3.46. The molecule has 1 unspecified atom stereocenters. The maximum absolute atomic E-state index is 6.00. The SMILES string of the molecule is CC#CCC(N)c1cc(C)cc(Br)c1. The normalized spacial score (nSPS) is 11.7. The molecule has 1 aromatic rings. The molecule has 0 aliphatic rings. The molecule has 0 aliphatic carbocycles. The van der Waals surface area contributed by atoms with E-state index < -0.39 is 0 Å². The first kappa shape index (κ1) is 11.3. The number of rotatable bonds is 2. The second-order valence-corrected chi connectivity index (χ2v) is 4.21. The summed E-state index contributed by atoms with van der Waals surface area (Å²) in [7, 11) is 0. The first-order chi connectivity index (χ1) is 6.63. The Morgan fingerprint density at radius 2 is 2.14 bits per heavy atom. The van der Waals surface area contributed by atoms with Crippen LogP contribution in [0.1, 0.15) is 30.5 Å². The molecule has 0 amide bonds. The maximum atomic E-state index is 6.00. The third-order valence-corrected chi connectivity index (χ3v) is 2.45. The zero-order valence-electron chi connectivity index (χ0n) is 8.47. The van der Waals surface area contributed by atoms with E-state index in [2.05, 4.69) is 52.9 Å². The van der Waals surface area contributed by atoms with Crippen LogP contribution in [-0.4, -0.2) is 0 Å². The van der Waals surface area contributed by atoms with Crippen LogP contribution in [0, 0.1) is 18.8 Å². The van der Waals surface area contributed by atoms with Crippen LogP contribution in [0.15, 0.2) is 22.7 Å². The Morgan fingerprint density at radius 1 is 1.43 bits per heavy atom. The third kappa shape index (κ3) is 3.17. The minimum Gasteiger partial charge on any atom is -0.323 e. The zero-order valence-corrected chi connectivity index (χ0v) is 10.1. The van der Waals surface area contributed by atoms with Crippen molar-refractivity contribution in [3.63, 3.8) is 0 Å². The standard InChI is InChI=1S/C12H14BrN/c1-3-4-5-12(14)10-6-9(2)7-11(13)8-10/h6-8,12H,5,14H2,1-2H3. The molecule has 0 aliphatic heterocycles. The molecular weight excluding hydrogens is 238 g/mol. The Balaban J connectivity index is 2.87. The lowest BCUT2D eigenvalue weighted by Crippen LogP contribution is -2.09. The Hall–Kier alpha value is -0.780. The average Bonchev–Trinajstić information content (AvgIpc) is 2.12. The predicted molar refractivity (Wildman–Crippen MR) is 63.9 cm³/mol. The minimum atomic E-state index is 0.0126. The molecule has 1 aromatic carbocycles. The molecule has 2 N–H and O–H groups in total. The highest BCUT2D eigenvalue weighted by atomic mass is 79.9. The highest BCUT2D eigenvalue weighted by Gasteiger charge is 2.05. The summed E-state index contributed by atoms with van der Waals surface area (Å²) in [5, 5.41) is 0. The monoisotopic (exact) mass is 251 g/mol. The molecule has 1 nitrogen and oxygen atoms in total. The average molecular weight is 252 g/mol. The largest absolute Gasteiger partial charge is 0.323 e. The van der Waals surface area contributed by atoms with E-state index in [1.807, 2.05) is 6.92 Å². The fourth-order valence-electron chi connectivity index (χ4n) is 1.31. The number of halogens is 1. The van der Waals surface area contributed by atoms with Crippen molar-refractivity contribution >= 4 is 15.9 Å². The lowest BCUT2D eigenvalue weighted by molar-refractivity contribution is 0.752. The molecule has 0 saturated heterocycles. The molecule has 0 aromatic heterocycles. The van der Waals surface area contributed by atoms with Gasteiger partial charge in [-0.15, -0.1) is 11.8 Å². The topological polar surface area (TPSA) is 26.0 Å². The smallest absolute Gasteiger partial charge is 0.0406 e. The van der Waals surface area contributed by atoms with Crippen molar-refractivity contribution < 1.29 is 0 Å². The highest BCUT2D eigenvalue weighted by Crippen LogP contribution is 2.20. The van der Waals surface area contributed by atoms with Gasteiger partial charge < -0.3 is 5.73 Å². The van der Waals surface area contributed by atoms with E-state index in [1.165, 1.54) is 5.56 Å². The van der Waals surface area contributed by atoms with E-state index in [-0.39, 0.29) is 6.04 Å². The Labute approximate surface area is 93.8 Å². The van der Waals surface area contributed by atoms with Gasteiger partial charge in [-0.05, 0) is 37.1 Å². The molecule has 0 fully saturated rings. The van der Waals surface area contributed by atoms with Crippen LogP contribution >= 0.6 is 15.9 Å². The van der Waals surface area contributed by atoms with E-state index in [9.17, 15) is 0 Å². The van der Waals surface area contributed by atoms with Crippen LogP contribution in [0.25, 0.3) is 0 Å². The lowest BCUT2D eigenvalue weighted by atomic mass is 10.0. The highest BCUT2D eigenvalue weighted by molar-refractivity contribution is 9.10. The molecule has 0 radical (unpaired) electrons. The molecule has 0 heterocycles. The van der Waals surface area contributed by atoms with Crippen molar-refractivity contribution in [2.45, 2.75) is 26.3 Å². The number of aryl methyl sites for hydroxylation is 1. The lowest BCUT2D eigenvalue weighted by Gasteiger charge is -2.10. The Kier molecular flexibility index (Phi) is 4.19. The maximum Gasteiger partial charge on any atom is 0.0406 e. The van der Waals surface area contributed by atoms with Gasteiger partial charge in [0.1, 0.15) is 0 Å². The van der Waals surface area contributed by atoms with Gasteiger partial charge in [0.05, 0.1) is 0 Å². The van der Waals surface area contributed by atoms with Crippen LogP contribution in [0.2, 0.25) is 0 Å². The van der Waals surface area contributed by atoms with Gasteiger partial charge in [0.15, 0.2) is 0 Å². The number of benzene rings is 1. The van der Waals surface area contributed by atoms with E-state index in [0.29, 0.717) is 6.42 Å². The number of hydrogen-bond acceptors (Lipinski definition) is 1. The molecule has 14 heavy (non-hydrogen) atoms. The van der Waals surface area contributed by atoms with Gasteiger partial charge in [-0.1, -0.05) is 22.0 Å². The van der Waals surface area contributed by atoms with Crippen molar-refractivity contribution in [1.82, 2.24) is 0 Å². The molecule has 0 saturated carbocycles. The molecule has 1 rings (SSSR count). The van der Waals surface area contributed by atoms with E-state index >= 15 is 0 Å². The second kappa shape index (κ2) is 5.19. The van der Waals surface area contributed by atoms with Crippen molar-refractivity contribution in [2.75, 3.05) is 0 Å². The van der Waals surface area contributed by atoms with E-state index in [0.717, 1.165) is 10.0 Å². The second-order valence-electron chi connectivity index (χ2n) is 3.30. The van der Waals surface area contributed by atoms with Gasteiger partial charge in [0, 0.05) is 16.9 Å². The van der Waals surface area contributed by atoms with Gasteiger partial charge in [0.25, 0.3) is 0 Å². The Bertz CT molecular complexity index is 353. The van der Waals surface area contributed by atoms with Crippen LogP contribution in [-0.2, 0) is 0 Å². The molecule has 0 spiro atoms. The molecule has 1 atom stereocenters. The van der Waals surface area contributed by atoms with Gasteiger partial charge in [-0.2, -0.15) is 0 Å². The first-order valence-electron chi connectivity index (χ1n) is 4.55. The third-order valence-electron chi connectivity index (χ3n) is 1.99. The van der Waals surface area contributed by atoms with Gasteiger partial charge in [0.2, 0.25) is 0 Å². The first-order valence-corrected chi connectivity index (χ1v) is 5.35. The van der Waals surface area contributed by atoms with Crippen LogP contribution in [0.4, 0.5) is 0 Å². The summed E-state index contributed by atoms with van der Waals surface area (Å²) in [6.07, 6.45) is 0.715. The minimum absolute atomic E-state index is 0.0126. The summed E-state index contributed by atoms with van der Waals surface area (Å²) in [5.41, 5.74) is 8.35. The summed E-state index contributed by atoms with van der Waals surface area (Å²) in [4.78, 5) is 0. The molecule has 2 heteroatoms. The van der Waals surface area contributed by atoms with Crippen molar-refractivity contribution in [2.24, 2.45) is 5.73 Å². The number of nitrogens with two attached hydrogens (primary N) is 1. The van der Waals surface area contributed by atoms with E-state index in [4.69, 9.17) is 5.73 Å². The molecule has 0 bridgehead atoms. The number of hydrogen-bond donors (Lipinski definition) is 1. The van der Waals surface area contributed by atoms with Crippen molar-refractivity contribution in [3.8, 4) is 11.8 Å². The predicted octanol–water partition coefficient (Wildman–Crippen LogP) is 3.17. The van der Waals surface area contributed by atoms with Gasteiger partial charge in [-0.25, -0.2) is 0 Å². The van der Waals surface area contributed by atoms with Crippen LogP contribution < -0.4 is 5.73 Å². The summed E-state index contributed by atoms with van der Waals surface area (Å²) in [6, 6.07) is 6.24. The summed E-state index contributed by atoms with van der Waals surface area (Å²) in [6.45, 7) is 3.89. The van der Waals surface area contributed by atoms with E-state index in [1.54, 1.807) is 0 Å².